The molecule has 71 heavy (non-hydrogen) atoms. The molecule has 0 bridgehead atoms. The number of hydrogen-bond donors (Lipinski definition) is 1. The summed E-state index contributed by atoms with van der Waals surface area (Å²) in [6.07, 6.45) is 4.59. The van der Waals surface area contributed by atoms with Crippen molar-refractivity contribution in [3.8, 4) is 5.75 Å². The molecule has 2 atom stereocenters. The van der Waals surface area contributed by atoms with Gasteiger partial charge in [-0.2, -0.15) is 4.31 Å². The number of amides is 2. The number of carbonyl (C=O) groups excluding carboxylic acids is 2. The summed E-state index contributed by atoms with van der Waals surface area (Å²) in [5.74, 6) is -0.0768. The number of nitro groups is 1. The van der Waals surface area contributed by atoms with E-state index in [-0.39, 0.29) is 38.4 Å². The lowest BCUT2D eigenvalue weighted by Crippen LogP contribution is -2.55. The number of para-hydroxylation sites is 1. The Morgan fingerprint density at radius 2 is 1.18 bits per heavy atom. The predicted molar refractivity (Wildman–Crippen MR) is 293 cm³/mol. The molecule has 3 aromatic rings. The molecule has 0 aliphatic heterocycles. The van der Waals surface area contributed by atoms with Crippen LogP contribution in [0.4, 0.5) is 5.69 Å². The number of nitro benzene ring substituents is 1. The number of nitrogens with zero attached hydrogens (tertiary/aromatic N) is 3. The highest BCUT2D eigenvalue weighted by Crippen LogP contribution is 2.43. The number of hydrogen-bond acceptors (Lipinski definition) is 9. The van der Waals surface area contributed by atoms with Crippen LogP contribution in [0.2, 0.25) is 33.2 Å². The summed E-state index contributed by atoms with van der Waals surface area (Å²) in [5.41, 5.74) is 3.28. The number of carbonyl (C=O) groups is 2. The fraction of sp³-hybridized carbons (Fsp3) is 0.564. The maximum atomic E-state index is 15.1. The quantitative estimate of drug-likeness (QED) is 0.0206. The third-order valence-corrected chi connectivity index (χ3v) is 28.2. The van der Waals surface area contributed by atoms with Gasteiger partial charge in [-0.1, -0.05) is 150 Å². The summed E-state index contributed by atoms with van der Waals surface area (Å²) in [4.78, 5) is 42.2. The molecule has 1 N–H and O–H groups in total. The Balaban J connectivity index is 2.07. The van der Waals surface area contributed by atoms with Crippen LogP contribution in [0.25, 0.3) is 0 Å². The van der Waals surface area contributed by atoms with Gasteiger partial charge in [0.1, 0.15) is 18.4 Å². The van der Waals surface area contributed by atoms with E-state index in [1.54, 1.807) is 11.0 Å². The molecule has 13 nitrogen and oxygen atoms in total. The topological polar surface area (TPSA) is 158 Å². The molecule has 0 spiro atoms. The van der Waals surface area contributed by atoms with Crippen LogP contribution in [-0.2, 0) is 41.5 Å². The van der Waals surface area contributed by atoms with Crippen molar-refractivity contribution in [3.63, 3.8) is 0 Å². The molecular formula is C55H86N4O9SSi2. The van der Waals surface area contributed by atoms with Crippen LogP contribution in [-0.4, -0.2) is 95.9 Å². The van der Waals surface area contributed by atoms with E-state index in [1.807, 2.05) is 54.6 Å². The molecule has 0 aromatic heterocycles. The van der Waals surface area contributed by atoms with Crippen molar-refractivity contribution < 1.29 is 36.5 Å². The van der Waals surface area contributed by atoms with Crippen molar-refractivity contribution in [1.29, 1.82) is 0 Å². The van der Waals surface area contributed by atoms with Gasteiger partial charge in [-0.3, -0.25) is 19.7 Å². The average Bonchev–Trinajstić information content (AvgIpc) is 3.31. The van der Waals surface area contributed by atoms with Gasteiger partial charge < -0.3 is 23.8 Å². The first kappa shape index (κ1) is 60.8. The molecule has 3 rings (SSSR count). The van der Waals surface area contributed by atoms with Crippen LogP contribution in [0, 0.1) is 10.1 Å². The van der Waals surface area contributed by atoms with Gasteiger partial charge in [0.25, 0.3) is 5.69 Å². The molecule has 0 radical (unpaired) electrons. The van der Waals surface area contributed by atoms with E-state index in [0.29, 0.717) is 78.1 Å². The van der Waals surface area contributed by atoms with Crippen LogP contribution >= 0.6 is 0 Å². The first-order valence-corrected chi connectivity index (χ1v) is 31.3. The van der Waals surface area contributed by atoms with Crippen LogP contribution in [0.3, 0.4) is 0 Å². The number of ether oxygens (including phenoxy) is 1. The molecule has 394 valence electrons. The van der Waals surface area contributed by atoms with Crippen molar-refractivity contribution in [2.75, 3.05) is 32.8 Å². The van der Waals surface area contributed by atoms with Crippen LogP contribution < -0.4 is 10.1 Å². The lowest BCUT2D eigenvalue weighted by molar-refractivity contribution is -0.387. The van der Waals surface area contributed by atoms with Crippen molar-refractivity contribution in [2.45, 2.75) is 172 Å². The monoisotopic (exact) mass is 1030 g/mol. The standard InChI is InChI=1S/C55H86N4O9SSi2/c1-15-34-57(69(64,65)53-29-21-20-27-51(53)59(62)63)39-49(26-22-36-67-70(41(3)4,42(5)6)43(7)8)56-55(61)52(28-23-37-68-71(44(9)10,45(11)12)46(13)14)58(35-16-2)54(60)38-47-30-32-50(33-31-47)66-40-48-24-18-17-19-25-48/h15-21,24-25,27,29-33,41-46,49,52H,1-2,22-23,26,28,34-40H2,3-14H3,(H,56,61)/t49-,52-/m0/s1. The minimum Gasteiger partial charge on any atom is -0.489 e. The zero-order valence-electron chi connectivity index (χ0n) is 44.9. The van der Waals surface area contributed by atoms with E-state index in [0.717, 1.165) is 21.5 Å². The zero-order chi connectivity index (χ0) is 53.1. The van der Waals surface area contributed by atoms with E-state index in [4.69, 9.17) is 13.6 Å². The highest BCUT2D eigenvalue weighted by Gasteiger charge is 2.46. The molecule has 0 heterocycles. The molecule has 16 heteroatoms. The highest BCUT2D eigenvalue weighted by molar-refractivity contribution is 7.89. The number of rotatable bonds is 33. The van der Waals surface area contributed by atoms with E-state index in [9.17, 15) is 23.3 Å². The van der Waals surface area contributed by atoms with Gasteiger partial charge >= 0.3 is 0 Å². The van der Waals surface area contributed by atoms with Gasteiger partial charge in [0, 0.05) is 45.0 Å². The fourth-order valence-corrected chi connectivity index (χ4v) is 23.5. The van der Waals surface area contributed by atoms with Crippen molar-refractivity contribution in [2.24, 2.45) is 0 Å². The van der Waals surface area contributed by atoms with Crippen LogP contribution in [0.15, 0.2) is 109 Å². The summed E-state index contributed by atoms with van der Waals surface area (Å²) in [7, 11) is -9.01. The minimum absolute atomic E-state index is 0.00628. The summed E-state index contributed by atoms with van der Waals surface area (Å²) in [6, 6.07) is 20.7. The Bertz CT molecular complexity index is 2210. The smallest absolute Gasteiger partial charge is 0.289 e. The van der Waals surface area contributed by atoms with E-state index in [1.165, 1.54) is 24.3 Å². The maximum absolute atomic E-state index is 15.1. The van der Waals surface area contributed by atoms with Gasteiger partial charge in [-0.25, -0.2) is 8.42 Å². The molecule has 0 saturated carbocycles. The maximum Gasteiger partial charge on any atom is 0.289 e. The van der Waals surface area contributed by atoms with Gasteiger partial charge in [-0.05, 0) is 88.3 Å². The number of benzene rings is 3. The molecule has 0 aliphatic rings. The Morgan fingerprint density at radius 3 is 1.68 bits per heavy atom. The summed E-state index contributed by atoms with van der Waals surface area (Å²) in [6.45, 7) is 35.3. The molecule has 0 aliphatic carbocycles. The van der Waals surface area contributed by atoms with Crippen molar-refractivity contribution >= 4 is 44.2 Å². The molecule has 2 amide bonds. The molecule has 3 aromatic carbocycles. The Hall–Kier alpha value is -4.46. The minimum atomic E-state index is -4.48. The SMILES string of the molecule is C=CCN(C(=O)Cc1ccc(OCc2ccccc2)cc1)[C@@H](CCCO[Si](C(C)C)(C(C)C)C(C)C)C(=O)N[C@@H](CCCO[Si](C(C)C)(C(C)C)C(C)C)CN(CC=C)S(=O)(=O)c1ccccc1[N+](=O)[O-]. The Kier molecular flexibility index (Phi) is 24.6. The van der Waals surface area contributed by atoms with Crippen molar-refractivity contribution in [3.05, 3.63) is 125 Å². The van der Waals surface area contributed by atoms with Gasteiger partial charge in [0.15, 0.2) is 21.5 Å². The third kappa shape index (κ3) is 16.3. The molecule has 0 saturated heterocycles. The Labute approximate surface area is 429 Å². The first-order valence-electron chi connectivity index (χ1n) is 25.6. The normalized spacial score (nSPS) is 13.3. The van der Waals surface area contributed by atoms with Crippen LogP contribution in [0.5, 0.6) is 5.75 Å². The summed E-state index contributed by atoms with van der Waals surface area (Å²) < 4.78 is 49.8. The van der Waals surface area contributed by atoms with Crippen LogP contribution in [0.1, 0.15) is 120 Å². The molecule has 0 unspecified atom stereocenters. The fourth-order valence-electron chi connectivity index (χ4n) is 10.9. The second-order valence-electron chi connectivity index (χ2n) is 20.6. The van der Waals surface area contributed by atoms with Gasteiger partial charge in [0.2, 0.25) is 21.8 Å². The summed E-state index contributed by atoms with van der Waals surface area (Å²) >= 11 is 0. The predicted octanol–water partition coefficient (Wildman–Crippen LogP) is 12.4. The zero-order valence-corrected chi connectivity index (χ0v) is 47.7. The number of nitrogens with one attached hydrogen (secondary N) is 1. The second-order valence-corrected chi connectivity index (χ2v) is 33.4. The molecular weight excluding hydrogens is 949 g/mol. The third-order valence-electron chi connectivity index (χ3n) is 14.1. The lowest BCUT2D eigenvalue weighted by atomic mass is 10.0. The first-order chi connectivity index (χ1) is 33.5. The lowest BCUT2D eigenvalue weighted by Gasteiger charge is -2.42. The van der Waals surface area contributed by atoms with Gasteiger partial charge in [0.05, 0.1) is 11.3 Å². The summed E-state index contributed by atoms with van der Waals surface area (Å²) in [5, 5.41) is 15.3. The Morgan fingerprint density at radius 1 is 0.690 bits per heavy atom. The largest absolute Gasteiger partial charge is 0.489 e. The van der Waals surface area contributed by atoms with E-state index < -0.39 is 60.2 Å². The second kappa shape index (κ2) is 28.7. The average molecular weight is 1040 g/mol. The van der Waals surface area contributed by atoms with Gasteiger partial charge in [-0.15, -0.1) is 13.2 Å². The number of sulfonamides is 1. The van der Waals surface area contributed by atoms with Crippen molar-refractivity contribution in [1.82, 2.24) is 14.5 Å². The molecule has 0 fully saturated rings. The highest BCUT2D eigenvalue weighted by atomic mass is 32.2. The van der Waals surface area contributed by atoms with E-state index in [2.05, 4.69) is 102 Å². The van der Waals surface area contributed by atoms with E-state index >= 15 is 4.79 Å².